The lowest BCUT2D eigenvalue weighted by Gasteiger charge is -2.37. The van der Waals surface area contributed by atoms with Gasteiger partial charge in [0.2, 0.25) is 17.6 Å². The van der Waals surface area contributed by atoms with Gasteiger partial charge in [0, 0.05) is 31.9 Å². The Bertz CT molecular complexity index is 1350. The Kier molecular flexibility index (Phi) is 16.2. The molecule has 2 heterocycles. The van der Waals surface area contributed by atoms with Crippen molar-refractivity contribution in [2.45, 2.75) is 125 Å². The smallest absolute Gasteiger partial charge is 0.315 e. The lowest BCUT2D eigenvalue weighted by molar-refractivity contribution is -0.144. The molecule has 4 N–H and O–H groups in total. The number of ketones is 1. The van der Waals surface area contributed by atoms with E-state index in [0.29, 0.717) is 25.8 Å². The number of carbonyl (C=O) groups excluding carboxylic acids is 5. The zero-order valence-corrected chi connectivity index (χ0v) is 30.8. The topological polar surface area (TPSA) is 159 Å². The normalized spacial score (nSPS) is 18.0. The van der Waals surface area contributed by atoms with Crippen molar-refractivity contribution in [3.63, 3.8) is 0 Å². The quantitative estimate of drug-likeness (QED) is 0.105. The number of amides is 5. The summed E-state index contributed by atoms with van der Waals surface area (Å²) in [6, 6.07) is 0.998. The van der Waals surface area contributed by atoms with Crippen molar-refractivity contribution in [1.29, 1.82) is 0 Å². The Morgan fingerprint density at radius 1 is 1.00 bits per heavy atom. The van der Waals surface area contributed by atoms with Crippen molar-refractivity contribution in [3.05, 3.63) is 47.4 Å². The van der Waals surface area contributed by atoms with E-state index in [1.54, 1.807) is 18.3 Å². The molecular weight excluding hydrogens is 624 g/mol. The maximum Gasteiger partial charge on any atom is 0.315 e. The summed E-state index contributed by atoms with van der Waals surface area (Å²) in [6.45, 7) is 19.7. The fraction of sp³-hybridized carbons (Fsp3) is 0.676. The first-order chi connectivity index (χ1) is 23.0. The van der Waals surface area contributed by atoms with Crippen molar-refractivity contribution >= 4 is 29.5 Å². The number of likely N-dealkylation sites (tertiary alicyclic amines) is 1. The number of aromatic nitrogens is 1. The Labute approximate surface area is 292 Å². The Morgan fingerprint density at radius 3 is 2.27 bits per heavy atom. The molecule has 1 fully saturated rings. The maximum atomic E-state index is 14.4. The zero-order chi connectivity index (χ0) is 36.9. The number of pyridine rings is 1. The summed E-state index contributed by atoms with van der Waals surface area (Å²) in [4.78, 5) is 81.6. The molecule has 0 spiro atoms. The second-order valence-corrected chi connectivity index (χ2v) is 14.9. The van der Waals surface area contributed by atoms with Crippen LogP contribution in [0.4, 0.5) is 4.79 Å². The van der Waals surface area contributed by atoms with Crippen molar-refractivity contribution < 1.29 is 24.0 Å². The first-order valence-corrected chi connectivity index (χ1v) is 17.8. The maximum absolute atomic E-state index is 14.4. The summed E-state index contributed by atoms with van der Waals surface area (Å²) >= 11 is 0. The molecule has 0 aliphatic carbocycles. The molecule has 12 heteroatoms. The first kappa shape index (κ1) is 41.2. The lowest BCUT2D eigenvalue weighted by atomic mass is 9.84. The van der Waals surface area contributed by atoms with E-state index in [2.05, 4.69) is 34.8 Å². The number of carbonyl (C=O) groups is 5. The summed E-state index contributed by atoms with van der Waals surface area (Å²) in [7, 11) is 0. The SMILES string of the molecule is C=CCNC(=O)C(=O)C(CCCCCC)NC(=O)[C@@H]1[C@@H](C(C)C)CCN1C(=O)[C@@H](NC(=O)N[C@H](Cn1ccccc1=O)C(C)C)C(C)(C)C. The number of Topliss-reactive ketones (excluding diaryl/α,β-unsaturated/α-hetero) is 1. The fourth-order valence-electron chi connectivity index (χ4n) is 6.21. The average molecular weight is 685 g/mol. The molecular formula is C37H60N6O6. The van der Waals surface area contributed by atoms with E-state index >= 15 is 0 Å². The van der Waals surface area contributed by atoms with E-state index < -0.39 is 59.1 Å². The van der Waals surface area contributed by atoms with E-state index in [-0.39, 0.29) is 36.4 Å². The van der Waals surface area contributed by atoms with Gasteiger partial charge in [0.15, 0.2) is 0 Å². The van der Waals surface area contributed by atoms with Gasteiger partial charge in [0.05, 0.1) is 12.1 Å². The summed E-state index contributed by atoms with van der Waals surface area (Å²) in [5.74, 6) is -2.58. The van der Waals surface area contributed by atoms with Crippen molar-refractivity contribution in [1.82, 2.24) is 30.7 Å². The number of rotatable bonds is 18. The van der Waals surface area contributed by atoms with Gasteiger partial charge in [-0.1, -0.05) is 93.2 Å². The van der Waals surface area contributed by atoms with Crippen LogP contribution in [0.3, 0.4) is 0 Å². The molecule has 1 unspecified atom stereocenters. The minimum Gasteiger partial charge on any atom is -0.346 e. The third-order valence-electron chi connectivity index (χ3n) is 9.26. The predicted octanol–water partition coefficient (Wildman–Crippen LogP) is 3.79. The van der Waals surface area contributed by atoms with Crippen LogP contribution in [0.1, 0.15) is 93.9 Å². The molecule has 5 amide bonds. The molecule has 1 saturated heterocycles. The van der Waals surface area contributed by atoms with Crippen molar-refractivity contribution in [2.24, 2.45) is 23.2 Å². The van der Waals surface area contributed by atoms with Gasteiger partial charge in [-0.3, -0.25) is 24.0 Å². The van der Waals surface area contributed by atoms with Gasteiger partial charge < -0.3 is 30.7 Å². The number of unbranched alkanes of at least 4 members (excludes halogenated alkanes) is 3. The highest BCUT2D eigenvalue weighted by atomic mass is 16.2. The molecule has 0 radical (unpaired) electrons. The Balaban J connectivity index is 2.33. The molecule has 1 aromatic rings. The van der Waals surface area contributed by atoms with E-state index in [1.165, 1.54) is 21.6 Å². The molecule has 49 heavy (non-hydrogen) atoms. The van der Waals surface area contributed by atoms with E-state index in [4.69, 9.17) is 0 Å². The predicted molar refractivity (Wildman–Crippen MR) is 192 cm³/mol. The molecule has 0 bridgehead atoms. The molecule has 1 aliphatic rings. The average Bonchev–Trinajstić information content (AvgIpc) is 3.49. The Hall–Kier alpha value is -3.96. The molecule has 0 saturated carbocycles. The summed E-state index contributed by atoms with van der Waals surface area (Å²) in [5, 5.41) is 11.2. The highest BCUT2D eigenvalue weighted by Gasteiger charge is 2.47. The summed E-state index contributed by atoms with van der Waals surface area (Å²) in [6.07, 6.45) is 7.48. The van der Waals surface area contributed by atoms with Crippen LogP contribution < -0.4 is 26.8 Å². The van der Waals surface area contributed by atoms with E-state index in [9.17, 15) is 28.8 Å². The van der Waals surface area contributed by atoms with Gasteiger partial charge in [0.25, 0.3) is 11.5 Å². The first-order valence-electron chi connectivity index (χ1n) is 17.8. The van der Waals surface area contributed by atoms with Crippen LogP contribution in [0.5, 0.6) is 0 Å². The minimum atomic E-state index is -1.04. The van der Waals surface area contributed by atoms with Crippen molar-refractivity contribution in [2.75, 3.05) is 13.1 Å². The second kappa shape index (κ2) is 19.3. The van der Waals surface area contributed by atoms with E-state index in [0.717, 1.165) is 19.3 Å². The monoisotopic (exact) mass is 684 g/mol. The zero-order valence-electron chi connectivity index (χ0n) is 30.8. The van der Waals surface area contributed by atoms with Gasteiger partial charge >= 0.3 is 6.03 Å². The number of urea groups is 1. The van der Waals surface area contributed by atoms with Crippen LogP contribution in [-0.2, 0) is 25.7 Å². The van der Waals surface area contributed by atoms with Crippen molar-refractivity contribution in [3.8, 4) is 0 Å². The van der Waals surface area contributed by atoms with Crippen LogP contribution in [0.25, 0.3) is 0 Å². The third-order valence-corrected chi connectivity index (χ3v) is 9.26. The number of hydrogen-bond acceptors (Lipinski definition) is 6. The largest absolute Gasteiger partial charge is 0.346 e. The Morgan fingerprint density at radius 2 is 1.69 bits per heavy atom. The van der Waals surface area contributed by atoms with Gasteiger partial charge in [-0.2, -0.15) is 0 Å². The molecule has 2 rings (SSSR count). The minimum absolute atomic E-state index is 0.0171. The lowest BCUT2D eigenvalue weighted by Crippen LogP contribution is -2.61. The van der Waals surface area contributed by atoms with Gasteiger partial charge in [-0.15, -0.1) is 6.58 Å². The highest BCUT2D eigenvalue weighted by Crippen LogP contribution is 2.33. The van der Waals surface area contributed by atoms with E-state index in [1.807, 2.05) is 48.5 Å². The molecule has 0 aromatic carbocycles. The van der Waals surface area contributed by atoms with Gasteiger partial charge in [-0.25, -0.2) is 4.79 Å². The van der Waals surface area contributed by atoms with Gasteiger partial charge in [0.1, 0.15) is 12.1 Å². The molecule has 1 aliphatic heterocycles. The molecule has 274 valence electrons. The van der Waals surface area contributed by atoms with Crippen LogP contribution in [0.15, 0.2) is 41.8 Å². The van der Waals surface area contributed by atoms with Crippen LogP contribution in [-0.4, -0.2) is 76.3 Å². The highest BCUT2D eigenvalue weighted by molar-refractivity contribution is 6.38. The number of nitrogens with zero attached hydrogens (tertiary/aromatic N) is 2. The van der Waals surface area contributed by atoms with Crippen LogP contribution in [0.2, 0.25) is 0 Å². The number of hydrogen-bond donors (Lipinski definition) is 4. The molecule has 5 atom stereocenters. The molecule has 12 nitrogen and oxygen atoms in total. The second-order valence-electron chi connectivity index (χ2n) is 14.9. The van der Waals surface area contributed by atoms with Gasteiger partial charge in [-0.05, 0) is 42.1 Å². The summed E-state index contributed by atoms with van der Waals surface area (Å²) in [5.41, 5.74) is -0.908. The third kappa shape index (κ3) is 12.1. The standard InChI is InChI=1S/C37H60N6O6/c1-10-12-13-14-17-27(31(45)34(47)38-20-11-2)39-33(46)30-26(24(3)4)19-22-43(30)35(48)32(37(7,8)9)41-36(49)40-28(25(5)6)23-42-21-16-15-18-29(42)44/h11,15-16,18,21,24-28,30,32H,2,10,12-14,17,19-20,22-23H2,1,3-9H3,(H,38,47)(H,39,46)(H2,40,41,49)/t26-,27?,28-,30+,32-/m1/s1. The van der Waals surface area contributed by atoms with Crippen LogP contribution in [0, 0.1) is 23.2 Å². The van der Waals surface area contributed by atoms with Crippen LogP contribution >= 0.6 is 0 Å². The molecule has 1 aromatic heterocycles. The number of nitrogens with one attached hydrogen (secondary N) is 4. The fourth-order valence-corrected chi connectivity index (χ4v) is 6.21. The summed E-state index contributed by atoms with van der Waals surface area (Å²) < 4.78 is 1.53.